The molecule has 1 aromatic heterocycles. The number of rotatable bonds is 5. The van der Waals surface area contributed by atoms with Crippen molar-refractivity contribution in [3.05, 3.63) is 76.1 Å². The van der Waals surface area contributed by atoms with Crippen LogP contribution in [0.15, 0.2) is 63.8 Å². The number of Topliss-reactive ketones (excluding diaryl/α,β-unsaturated/α-hetero) is 1. The lowest BCUT2D eigenvalue weighted by molar-refractivity contribution is -0.117. The highest BCUT2D eigenvalue weighted by Crippen LogP contribution is 2.43. The summed E-state index contributed by atoms with van der Waals surface area (Å²) in [6.45, 7) is 1.37. The van der Waals surface area contributed by atoms with Gasteiger partial charge in [-0.15, -0.1) is 0 Å². The van der Waals surface area contributed by atoms with Crippen molar-refractivity contribution in [2.75, 3.05) is 6.26 Å². The number of hydrogen-bond donors (Lipinski definition) is 1. The molecule has 0 saturated carbocycles. The van der Waals surface area contributed by atoms with Gasteiger partial charge in [0.25, 0.3) is 0 Å². The first-order valence-electron chi connectivity index (χ1n) is 8.01. The van der Waals surface area contributed by atoms with Gasteiger partial charge in [-0.2, -0.15) is 0 Å². The van der Waals surface area contributed by atoms with Crippen molar-refractivity contribution in [3.8, 4) is 5.75 Å². The highest BCUT2D eigenvalue weighted by molar-refractivity contribution is 7.85. The first kappa shape index (κ1) is 18.1. The normalized spacial score (nSPS) is 14.7. The van der Waals surface area contributed by atoms with Crippen molar-refractivity contribution in [1.82, 2.24) is 0 Å². The number of para-hydroxylation sites is 1. The van der Waals surface area contributed by atoms with Crippen LogP contribution in [0.2, 0.25) is 0 Å². The van der Waals surface area contributed by atoms with Crippen LogP contribution in [0.25, 0.3) is 11.0 Å². The second-order valence-electron chi connectivity index (χ2n) is 6.14. The van der Waals surface area contributed by atoms with Gasteiger partial charge in [-0.25, -0.2) is 4.79 Å². The van der Waals surface area contributed by atoms with Crippen molar-refractivity contribution in [2.24, 2.45) is 0 Å². The molecule has 0 aliphatic carbocycles. The monoisotopic (exact) mass is 370 g/mol. The van der Waals surface area contributed by atoms with E-state index in [-0.39, 0.29) is 29.1 Å². The van der Waals surface area contributed by atoms with E-state index in [4.69, 9.17) is 4.42 Å². The van der Waals surface area contributed by atoms with E-state index in [0.717, 1.165) is 0 Å². The summed E-state index contributed by atoms with van der Waals surface area (Å²) in [5.41, 5.74) is -0.223. The van der Waals surface area contributed by atoms with Crippen molar-refractivity contribution >= 4 is 27.6 Å². The van der Waals surface area contributed by atoms with Crippen LogP contribution in [-0.2, 0) is 20.3 Å². The zero-order valence-corrected chi connectivity index (χ0v) is 15.2. The maximum Gasteiger partial charge on any atom is 0.345 e. The van der Waals surface area contributed by atoms with Gasteiger partial charge in [0.05, 0.1) is 5.39 Å². The molecule has 1 heterocycles. The van der Waals surface area contributed by atoms with Crippen molar-refractivity contribution < 1.29 is 18.5 Å². The zero-order chi connectivity index (χ0) is 18.9. The molecule has 3 aromatic rings. The molecule has 0 aliphatic heterocycles. The minimum Gasteiger partial charge on any atom is -0.507 e. The minimum atomic E-state index is -1.69. The molecule has 0 aliphatic rings. The largest absolute Gasteiger partial charge is 0.507 e. The van der Waals surface area contributed by atoms with Gasteiger partial charge in [0.1, 0.15) is 27.4 Å². The SMILES string of the molecule is CC(=O)CC(c1ccccc1)(c1c(O)c2ccccc2oc1=O)S(C)=O. The second kappa shape index (κ2) is 6.88. The molecule has 0 radical (unpaired) electrons. The van der Waals surface area contributed by atoms with E-state index in [1.54, 1.807) is 54.6 Å². The highest BCUT2D eigenvalue weighted by Gasteiger charge is 2.45. The Hall–Kier alpha value is -2.73. The fraction of sp³-hybridized carbons (Fsp3) is 0.200. The van der Waals surface area contributed by atoms with E-state index in [1.165, 1.54) is 13.2 Å². The first-order chi connectivity index (χ1) is 12.4. The Labute approximate surface area is 152 Å². The van der Waals surface area contributed by atoms with Crippen LogP contribution in [0.4, 0.5) is 0 Å². The van der Waals surface area contributed by atoms with Gasteiger partial charge < -0.3 is 9.52 Å². The molecule has 3 rings (SSSR count). The number of ketones is 1. The maximum atomic E-state index is 12.9. The van der Waals surface area contributed by atoms with Gasteiger partial charge in [-0.05, 0) is 24.6 Å². The van der Waals surface area contributed by atoms with Gasteiger partial charge in [-0.1, -0.05) is 42.5 Å². The summed E-state index contributed by atoms with van der Waals surface area (Å²) in [4.78, 5) is 24.8. The molecule has 0 saturated heterocycles. The van der Waals surface area contributed by atoms with Crippen LogP contribution >= 0.6 is 0 Å². The topological polar surface area (TPSA) is 84.6 Å². The number of hydrogen-bond acceptors (Lipinski definition) is 5. The van der Waals surface area contributed by atoms with E-state index in [2.05, 4.69) is 0 Å². The van der Waals surface area contributed by atoms with Crippen LogP contribution in [0.5, 0.6) is 5.75 Å². The quantitative estimate of drug-likeness (QED) is 0.698. The number of fused-ring (bicyclic) bond motifs is 1. The number of aromatic hydroxyl groups is 1. The molecule has 0 fully saturated rings. The summed E-state index contributed by atoms with van der Waals surface area (Å²) < 4.78 is 16.8. The van der Waals surface area contributed by atoms with Crippen LogP contribution in [0.1, 0.15) is 24.5 Å². The average molecular weight is 370 g/mol. The van der Waals surface area contributed by atoms with Crippen LogP contribution < -0.4 is 5.63 Å². The van der Waals surface area contributed by atoms with E-state index in [9.17, 15) is 18.9 Å². The predicted molar refractivity (Wildman–Crippen MR) is 101 cm³/mol. The molecule has 2 unspecified atom stereocenters. The summed E-state index contributed by atoms with van der Waals surface area (Å²) in [7, 11) is -1.69. The van der Waals surface area contributed by atoms with Gasteiger partial charge in [-0.3, -0.25) is 9.00 Å². The predicted octanol–water partition coefficient (Wildman–Crippen LogP) is 3.10. The first-order valence-corrected chi connectivity index (χ1v) is 9.57. The maximum absolute atomic E-state index is 12.9. The standard InChI is InChI=1S/C20H18O5S/c1-13(21)12-20(26(2)24,14-8-4-3-5-9-14)17-18(22)15-10-6-7-11-16(15)25-19(17)23/h3-11,22H,12H2,1-2H3. The summed E-state index contributed by atoms with van der Waals surface area (Å²) in [6, 6.07) is 15.2. The lowest BCUT2D eigenvalue weighted by atomic mass is 9.86. The second-order valence-corrected chi connectivity index (χ2v) is 7.74. The van der Waals surface area contributed by atoms with Gasteiger partial charge in [0.15, 0.2) is 0 Å². The Balaban J connectivity index is 2.47. The van der Waals surface area contributed by atoms with Crippen LogP contribution in [0, 0.1) is 0 Å². The van der Waals surface area contributed by atoms with Crippen molar-refractivity contribution in [1.29, 1.82) is 0 Å². The Morgan fingerprint density at radius 2 is 1.73 bits per heavy atom. The molecular formula is C20H18O5S. The van der Waals surface area contributed by atoms with E-state index >= 15 is 0 Å². The Morgan fingerprint density at radius 1 is 1.12 bits per heavy atom. The van der Waals surface area contributed by atoms with Crippen molar-refractivity contribution in [3.63, 3.8) is 0 Å². The van der Waals surface area contributed by atoms with Gasteiger partial charge in [0, 0.05) is 23.5 Å². The number of carbonyl (C=O) groups excluding carboxylic acids is 1. The fourth-order valence-electron chi connectivity index (χ4n) is 3.29. The number of carbonyl (C=O) groups is 1. The van der Waals surface area contributed by atoms with E-state index < -0.39 is 21.2 Å². The van der Waals surface area contributed by atoms with Crippen molar-refractivity contribution in [2.45, 2.75) is 18.1 Å². The smallest absolute Gasteiger partial charge is 0.345 e. The molecule has 134 valence electrons. The Morgan fingerprint density at radius 3 is 2.35 bits per heavy atom. The summed E-state index contributed by atoms with van der Waals surface area (Å²) in [6.07, 6.45) is 1.22. The molecule has 5 nitrogen and oxygen atoms in total. The zero-order valence-electron chi connectivity index (χ0n) is 14.4. The molecule has 0 amide bonds. The third-order valence-electron chi connectivity index (χ3n) is 4.42. The third-order valence-corrected chi connectivity index (χ3v) is 5.98. The van der Waals surface area contributed by atoms with Gasteiger partial charge >= 0.3 is 5.63 Å². The summed E-state index contributed by atoms with van der Waals surface area (Å²) in [5, 5.41) is 11.2. The third kappa shape index (κ3) is 2.86. The fourth-order valence-corrected chi connectivity index (χ4v) is 4.64. The molecule has 2 aromatic carbocycles. The van der Waals surface area contributed by atoms with E-state index in [0.29, 0.717) is 10.9 Å². The molecule has 2 atom stereocenters. The molecular weight excluding hydrogens is 352 g/mol. The lowest BCUT2D eigenvalue weighted by Crippen LogP contribution is -2.39. The number of benzene rings is 2. The van der Waals surface area contributed by atoms with Crippen LogP contribution in [0.3, 0.4) is 0 Å². The average Bonchev–Trinajstić information content (AvgIpc) is 2.61. The molecule has 1 N–H and O–H groups in total. The van der Waals surface area contributed by atoms with Crippen LogP contribution in [-0.4, -0.2) is 21.4 Å². The molecule has 26 heavy (non-hydrogen) atoms. The highest BCUT2D eigenvalue weighted by atomic mass is 32.2. The summed E-state index contributed by atoms with van der Waals surface area (Å²) >= 11 is 0. The summed E-state index contributed by atoms with van der Waals surface area (Å²) in [5.74, 6) is -0.562. The Kier molecular flexibility index (Phi) is 4.78. The molecule has 0 bridgehead atoms. The lowest BCUT2D eigenvalue weighted by Gasteiger charge is -2.31. The minimum absolute atomic E-state index is 0.154. The molecule has 6 heteroatoms. The Bertz CT molecular complexity index is 1050. The van der Waals surface area contributed by atoms with Gasteiger partial charge in [0.2, 0.25) is 0 Å². The molecule has 0 spiro atoms. The van der Waals surface area contributed by atoms with E-state index in [1.807, 2.05) is 0 Å².